The number of ether oxygens (including phenoxy) is 1. The van der Waals surface area contributed by atoms with Gasteiger partial charge in [0.2, 0.25) is 0 Å². The first-order valence-corrected chi connectivity index (χ1v) is 8.02. The Kier molecular flexibility index (Phi) is 5.50. The summed E-state index contributed by atoms with van der Waals surface area (Å²) in [5, 5.41) is 14.1. The molecule has 3 rings (SSSR count). The van der Waals surface area contributed by atoms with Crippen molar-refractivity contribution < 1.29 is 18.7 Å². The monoisotopic (exact) mass is 361 g/mol. The van der Waals surface area contributed by atoms with Crippen LogP contribution in [0.4, 0.5) is 11.4 Å². The van der Waals surface area contributed by atoms with Crippen molar-refractivity contribution in [1.82, 2.24) is 0 Å². The lowest BCUT2D eigenvalue weighted by Gasteiger charge is -2.09. The number of nitrogens with zero attached hydrogens (tertiary/aromatic N) is 1. The lowest BCUT2D eigenvalue weighted by Crippen LogP contribution is -2.20. The molecule has 2 N–H and O–H groups in total. The second-order valence-electron chi connectivity index (χ2n) is 5.48. The molecule has 2 aromatic carbocycles. The summed E-state index contributed by atoms with van der Waals surface area (Å²) in [6, 6.07) is 18.3. The van der Waals surface area contributed by atoms with E-state index in [1.165, 1.54) is 6.26 Å². The van der Waals surface area contributed by atoms with E-state index >= 15 is 0 Å². The van der Waals surface area contributed by atoms with Gasteiger partial charge in [-0.3, -0.25) is 9.59 Å². The van der Waals surface area contributed by atoms with E-state index in [4.69, 9.17) is 14.4 Å². The zero-order valence-electron chi connectivity index (χ0n) is 14.1. The minimum atomic E-state index is -0.354. The second kappa shape index (κ2) is 8.36. The number of rotatable bonds is 6. The van der Waals surface area contributed by atoms with Crippen LogP contribution < -0.4 is 15.4 Å². The van der Waals surface area contributed by atoms with Crippen LogP contribution in [0.2, 0.25) is 0 Å². The highest BCUT2D eigenvalue weighted by molar-refractivity contribution is 6.02. The van der Waals surface area contributed by atoms with Gasteiger partial charge in [-0.15, -0.1) is 0 Å². The third-order valence-corrected chi connectivity index (χ3v) is 3.52. The number of carbonyl (C=O) groups excluding carboxylic acids is 2. The van der Waals surface area contributed by atoms with Gasteiger partial charge in [0.05, 0.1) is 17.9 Å². The van der Waals surface area contributed by atoms with Gasteiger partial charge in [-0.25, -0.2) is 0 Å². The van der Waals surface area contributed by atoms with Crippen LogP contribution in [-0.2, 0) is 4.79 Å². The summed E-state index contributed by atoms with van der Waals surface area (Å²) in [6.07, 6.45) is 1.42. The van der Waals surface area contributed by atoms with Gasteiger partial charge in [0.25, 0.3) is 11.8 Å². The van der Waals surface area contributed by atoms with Gasteiger partial charge < -0.3 is 19.8 Å². The molecule has 0 unspecified atom stereocenters. The van der Waals surface area contributed by atoms with Gasteiger partial charge in [0.15, 0.2) is 12.4 Å². The van der Waals surface area contributed by atoms with Crippen molar-refractivity contribution in [1.29, 1.82) is 5.26 Å². The molecule has 134 valence electrons. The average molecular weight is 361 g/mol. The molecular weight excluding hydrogens is 346 g/mol. The molecule has 7 heteroatoms. The standard InChI is InChI=1S/C20H15N3O4/c21-12-14-3-9-17(10-4-14)27-13-19(24)22-15-5-7-16(8-6-15)23-20(25)18-2-1-11-26-18/h1-11H,13H2,(H,22,24)(H,23,25). The largest absolute Gasteiger partial charge is 0.484 e. The number of hydrogen-bond acceptors (Lipinski definition) is 5. The second-order valence-corrected chi connectivity index (χ2v) is 5.48. The number of nitriles is 1. The molecule has 0 bridgehead atoms. The maximum absolute atomic E-state index is 12.0. The molecule has 0 saturated carbocycles. The molecule has 1 aromatic heterocycles. The topological polar surface area (TPSA) is 104 Å². The van der Waals surface area contributed by atoms with Gasteiger partial charge in [-0.2, -0.15) is 5.26 Å². The van der Waals surface area contributed by atoms with Gasteiger partial charge in [0.1, 0.15) is 5.75 Å². The molecule has 2 amide bonds. The first kappa shape index (κ1) is 17.8. The first-order valence-electron chi connectivity index (χ1n) is 8.02. The van der Waals surface area contributed by atoms with E-state index in [1.54, 1.807) is 60.7 Å². The van der Waals surface area contributed by atoms with E-state index in [0.29, 0.717) is 22.7 Å². The highest BCUT2D eigenvalue weighted by atomic mass is 16.5. The minimum absolute atomic E-state index is 0.164. The lowest BCUT2D eigenvalue weighted by molar-refractivity contribution is -0.118. The van der Waals surface area contributed by atoms with Crippen molar-refractivity contribution in [2.45, 2.75) is 0 Å². The molecule has 27 heavy (non-hydrogen) atoms. The zero-order valence-corrected chi connectivity index (χ0v) is 14.1. The number of nitrogens with one attached hydrogen (secondary N) is 2. The summed E-state index contributed by atoms with van der Waals surface area (Å²) in [7, 11) is 0. The predicted molar refractivity (Wildman–Crippen MR) is 98.4 cm³/mol. The number of benzene rings is 2. The Bertz CT molecular complexity index is 956. The molecule has 0 spiro atoms. The lowest BCUT2D eigenvalue weighted by atomic mass is 10.2. The molecule has 0 fully saturated rings. The Morgan fingerprint density at radius 3 is 2.22 bits per heavy atom. The molecular formula is C20H15N3O4. The van der Waals surface area contributed by atoms with Gasteiger partial charge >= 0.3 is 0 Å². The van der Waals surface area contributed by atoms with Crippen molar-refractivity contribution in [2.24, 2.45) is 0 Å². The fourth-order valence-electron chi connectivity index (χ4n) is 2.21. The normalized spacial score (nSPS) is 9.89. The van der Waals surface area contributed by atoms with Crippen LogP contribution in [0.1, 0.15) is 16.1 Å². The zero-order chi connectivity index (χ0) is 19.1. The summed E-state index contributed by atoms with van der Waals surface area (Å²) < 4.78 is 10.4. The van der Waals surface area contributed by atoms with Gasteiger partial charge in [-0.05, 0) is 60.7 Å². The van der Waals surface area contributed by atoms with Crippen molar-refractivity contribution >= 4 is 23.2 Å². The average Bonchev–Trinajstić information content (AvgIpc) is 3.23. The van der Waals surface area contributed by atoms with Gasteiger partial charge in [0, 0.05) is 11.4 Å². The van der Waals surface area contributed by atoms with Crippen molar-refractivity contribution in [2.75, 3.05) is 17.2 Å². The van der Waals surface area contributed by atoms with E-state index in [2.05, 4.69) is 10.6 Å². The fraction of sp³-hybridized carbons (Fsp3) is 0.0500. The summed E-state index contributed by atoms with van der Waals surface area (Å²) in [6.45, 7) is -0.164. The Balaban J connectivity index is 1.49. The number of hydrogen-bond donors (Lipinski definition) is 2. The first-order chi connectivity index (χ1) is 13.1. The van der Waals surface area contributed by atoms with E-state index in [1.807, 2.05) is 6.07 Å². The van der Waals surface area contributed by atoms with Crippen LogP contribution in [0.15, 0.2) is 71.3 Å². The van der Waals surface area contributed by atoms with Crippen molar-refractivity contribution in [3.8, 4) is 11.8 Å². The SMILES string of the molecule is N#Cc1ccc(OCC(=O)Nc2ccc(NC(=O)c3ccco3)cc2)cc1. The molecule has 0 radical (unpaired) electrons. The number of amides is 2. The molecule has 0 atom stereocenters. The van der Waals surface area contributed by atoms with Crippen LogP contribution in [0.3, 0.4) is 0 Å². The summed E-state index contributed by atoms with van der Waals surface area (Å²) >= 11 is 0. The third-order valence-electron chi connectivity index (χ3n) is 3.52. The summed E-state index contributed by atoms with van der Waals surface area (Å²) in [4.78, 5) is 23.8. The maximum atomic E-state index is 12.0. The quantitative estimate of drug-likeness (QED) is 0.700. The molecule has 7 nitrogen and oxygen atoms in total. The van der Waals surface area contributed by atoms with Crippen LogP contribution in [-0.4, -0.2) is 18.4 Å². The summed E-state index contributed by atoms with van der Waals surface area (Å²) in [5.74, 6) is 0.0341. The van der Waals surface area contributed by atoms with Gasteiger partial charge in [-0.1, -0.05) is 0 Å². The predicted octanol–water partition coefficient (Wildman–Crippen LogP) is 3.42. The highest BCUT2D eigenvalue weighted by Gasteiger charge is 2.09. The fourth-order valence-corrected chi connectivity index (χ4v) is 2.21. The highest BCUT2D eigenvalue weighted by Crippen LogP contribution is 2.15. The molecule has 3 aromatic rings. The maximum Gasteiger partial charge on any atom is 0.291 e. The molecule has 0 aliphatic rings. The van der Waals surface area contributed by atoms with Crippen LogP contribution in [0.25, 0.3) is 0 Å². The van der Waals surface area contributed by atoms with E-state index in [-0.39, 0.29) is 24.2 Å². The molecule has 0 aliphatic heterocycles. The van der Waals surface area contributed by atoms with Crippen molar-refractivity contribution in [3.05, 3.63) is 78.3 Å². The van der Waals surface area contributed by atoms with Crippen LogP contribution >= 0.6 is 0 Å². The molecule has 1 heterocycles. The Morgan fingerprint density at radius 2 is 1.63 bits per heavy atom. The van der Waals surface area contributed by atoms with Crippen LogP contribution in [0, 0.1) is 11.3 Å². The molecule has 0 aliphatic carbocycles. The minimum Gasteiger partial charge on any atom is -0.484 e. The number of carbonyl (C=O) groups is 2. The Morgan fingerprint density at radius 1 is 0.963 bits per heavy atom. The smallest absolute Gasteiger partial charge is 0.291 e. The number of anilines is 2. The Hall–Kier alpha value is -4.05. The number of furan rings is 1. The molecule has 0 saturated heterocycles. The summed E-state index contributed by atoms with van der Waals surface area (Å²) in [5.41, 5.74) is 1.66. The Labute approximate surface area is 155 Å². The third kappa shape index (κ3) is 4.96. The van der Waals surface area contributed by atoms with Crippen LogP contribution in [0.5, 0.6) is 5.75 Å². The van der Waals surface area contributed by atoms with E-state index in [0.717, 1.165) is 0 Å². The van der Waals surface area contributed by atoms with E-state index in [9.17, 15) is 9.59 Å². The van der Waals surface area contributed by atoms with E-state index < -0.39 is 0 Å². The van der Waals surface area contributed by atoms with Crippen molar-refractivity contribution in [3.63, 3.8) is 0 Å².